The summed E-state index contributed by atoms with van der Waals surface area (Å²) in [6.07, 6.45) is 2.84. The third kappa shape index (κ3) is 5.11. The lowest BCUT2D eigenvalue weighted by molar-refractivity contribution is -0.135. The number of rotatable bonds is 6. The molecule has 0 spiro atoms. The molecule has 8 nitrogen and oxygen atoms in total. The molecule has 1 aromatic heterocycles. The van der Waals surface area contributed by atoms with Crippen LogP contribution < -0.4 is 5.32 Å². The molecule has 2 heterocycles. The Hall–Kier alpha value is -2.78. The zero-order valence-electron chi connectivity index (χ0n) is 18.0. The van der Waals surface area contributed by atoms with E-state index in [-0.39, 0.29) is 48.8 Å². The molecule has 1 fully saturated rings. The highest BCUT2D eigenvalue weighted by Gasteiger charge is 2.34. The highest BCUT2D eigenvalue weighted by Crippen LogP contribution is 2.18. The average Bonchev–Trinajstić information content (AvgIpc) is 2.77. The fraction of sp³-hybridized carbons (Fsp3) is 0.409. The number of carbonyl (C=O) groups is 2. The van der Waals surface area contributed by atoms with E-state index in [9.17, 15) is 18.0 Å². The third-order valence-corrected chi connectivity index (χ3v) is 7.31. The van der Waals surface area contributed by atoms with Gasteiger partial charge in [0, 0.05) is 44.1 Å². The zero-order chi connectivity index (χ0) is 22.6. The molecule has 0 radical (unpaired) electrons. The Kier molecular flexibility index (Phi) is 7.07. The van der Waals surface area contributed by atoms with Crippen molar-refractivity contribution in [1.29, 1.82) is 0 Å². The summed E-state index contributed by atoms with van der Waals surface area (Å²) in [6, 6.07) is 9.63. The first-order chi connectivity index (χ1) is 14.7. The predicted molar refractivity (Wildman–Crippen MR) is 117 cm³/mol. The zero-order valence-corrected chi connectivity index (χ0v) is 18.8. The van der Waals surface area contributed by atoms with Gasteiger partial charge in [0.1, 0.15) is 10.9 Å². The minimum absolute atomic E-state index is 0.113. The van der Waals surface area contributed by atoms with E-state index in [2.05, 4.69) is 10.3 Å². The maximum Gasteiger partial charge on any atom is 0.252 e. The van der Waals surface area contributed by atoms with E-state index in [4.69, 9.17) is 0 Å². The SMILES string of the molecule is Cc1ccccc1C(=O)NC(C(=O)N1CCN(S(=O)(=O)c2cccnc2)CC1)C(C)C. The lowest BCUT2D eigenvalue weighted by atomic mass is 10.0. The molecular weight excluding hydrogens is 416 g/mol. The Morgan fingerprint density at radius 1 is 1.03 bits per heavy atom. The summed E-state index contributed by atoms with van der Waals surface area (Å²) in [6.45, 7) is 6.53. The smallest absolute Gasteiger partial charge is 0.252 e. The normalized spacial score (nSPS) is 16.2. The summed E-state index contributed by atoms with van der Waals surface area (Å²) in [7, 11) is -3.64. The summed E-state index contributed by atoms with van der Waals surface area (Å²) < 4.78 is 26.9. The van der Waals surface area contributed by atoms with E-state index < -0.39 is 16.1 Å². The first kappa shape index (κ1) is 22.9. The summed E-state index contributed by atoms with van der Waals surface area (Å²) >= 11 is 0. The number of piperazine rings is 1. The van der Waals surface area contributed by atoms with Gasteiger partial charge >= 0.3 is 0 Å². The van der Waals surface area contributed by atoms with Crippen molar-refractivity contribution in [2.45, 2.75) is 31.7 Å². The van der Waals surface area contributed by atoms with Crippen LogP contribution in [0, 0.1) is 12.8 Å². The molecule has 1 unspecified atom stereocenters. The maximum absolute atomic E-state index is 13.2. The van der Waals surface area contributed by atoms with Crippen molar-refractivity contribution in [1.82, 2.24) is 19.5 Å². The van der Waals surface area contributed by atoms with Crippen LogP contribution in [0.3, 0.4) is 0 Å². The van der Waals surface area contributed by atoms with Crippen LogP contribution in [0.25, 0.3) is 0 Å². The Balaban J connectivity index is 1.66. The van der Waals surface area contributed by atoms with Crippen LogP contribution in [0.5, 0.6) is 0 Å². The van der Waals surface area contributed by atoms with Gasteiger partial charge in [-0.2, -0.15) is 4.31 Å². The molecule has 9 heteroatoms. The molecule has 1 aromatic carbocycles. The van der Waals surface area contributed by atoms with E-state index in [0.717, 1.165) is 5.56 Å². The van der Waals surface area contributed by atoms with Crippen LogP contribution in [-0.2, 0) is 14.8 Å². The molecule has 1 atom stereocenters. The third-order valence-electron chi connectivity index (χ3n) is 5.43. The minimum atomic E-state index is -3.64. The van der Waals surface area contributed by atoms with Gasteiger partial charge < -0.3 is 10.2 Å². The second-order valence-electron chi connectivity index (χ2n) is 7.93. The molecule has 2 aromatic rings. The number of nitrogens with one attached hydrogen (secondary N) is 1. The molecule has 1 saturated heterocycles. The molecule has 0 aliphatic carbocycles. The molecule has 1 N–H and O–H groups in total. The van der Waals surface area contributed by atoms with E-state index in [0.29, 0.717) is 5.56 Å². The van der Waals surface area contributed by atoms with Gasteiger partial charge in [0.25, 0.3) is 5.91 Å². The number of aryl methyl sites for hydroxylation is 1. The van der Waals surface area contributed by atoms with Crippen LogP contribution in [0.4, 0.5) is 0 Å². The molecular formula is C22H28N4O4S. The fourth-order valence-corrected chi connectivity index (χ4v) is 4.94. The molecule has 0 bridgehead atoms. The van der Waals surface area contributed by atoms with Crippen molar-refractivity contribution >= 4 is 21.8 Å². The van der Waals surface area contributed by atoms with Gasteiger partial charge in [0.2, 0.25) is 15.9 Å². The van der Waals surface area contributed by atoms with E-state index in [1.807, 2.05) is 32.9 Å². The van der Waals surface area contributed by atoms with Gasteiger partial charge in [0.15, 0.2) is 0 Å². The largest absolute Gasteiger partial charge is 0.340 e. The number of aromatic nitrogens is 1. The van der Waals surface area contributed by atoms with Crippen molar-refractivity contribution in [3.63, 3.8) is 0 Å². The fourth-order valence-electron chi connectivity index (χ4n) is 3.55. The second kappa shape index (κ2) is 9.57. The summed E-state index contributed by atoms with van der Waals surface area (Å²) in [4.78, 5) is 31.5. The van der Waals surface area contributed by atoms with Gasteiger partial charge in [-0.3, -0.25) is 14.6 Å². The van der Waals surface area contributed by atoms with Crippen LogP contribution in [0.1, 0.15) is 29.8 Å². The number of pyridine rings is 1. The molecule has 1 aliphatic heterocycles. The number of hydrogen-bond donors (Lipinski definition) is 1. The minimum Gasteiger partial charge on any atom is -0.340 e. The van der Waals surface area contributed by atoms with Crippen LogP contribution in [0.2, 0.25) is 0 Å². The van der Waals surface area contributed by atoms with E-state index >= 15 is 0 Å². The standard InChI is InChI=1S/C22H28N4O4S/c1-16(2)20(24-21(27)19-9-5-4-7-17(19)3)22(28)25-11-13-26(14-12-25)31(29,30)18-8-6-10-23-15-18/h4-10,15-16,20H,11-14H2,1-3H3,(H,24,27). The van der Waals surface area contributed by atoms with Gasteiger partial charge in [0.05, 0.1) is 0 Å². The molecule has 1 aliphatic rings. The Morgan fingerprint density at radius 3 is 2.29 bits per heavy atom. The van der Waals surface area contributed by atoms with Crippen molar-refractivity contribution in [2.75, 3.05) is 26.2 Å². The quantitative estimate of drug-likeness (QED) is 0.731. The second-order valence-corrected chi connectivity index (χ2v) is 9.87. The van der Waals surface area contributed by atoms with Gasteiger partial charge in [-0.05, 0) is 36.6 Å². The number of benzene rings is 1. The van der Waals surface area contributed by atoms with Crippen LogP contribution in [-0.4, -0.2) is 66.6 Å². The number of carbonyl (C=O) groups excluding carboxylic acids is 2. The first-order valence-corrected chi connectivity index (χ1v) is 11.7. The Labute approximate surface area is 183 Å². The number of hydrogen-bond acceptors (Lipinski definition) is 5. The van der Waals surface area contributed by atoms with Gasteiger partial charge in [-0.25, -0.2) is 8.42 Å². The molecule has 31 heavy (non-hydrogen) atoms. The summed E-state index contributed by atoms with van der Waals surface area (Å²) in [5, 5.41) is 2.87. The van der Waals surface area contributed by atoms with Crippen molar-refractivity contribution in [2.24, 2.45) is 5.92 Å². The Bertz CT molecular complexity index is 1030. The highest BCUT2D eigenvalue weighted by atomic mass is 32.2. The summed E-state index contributed by atoms with van der Waals surface area (Å²) in [5.74, 6) is -0.601. The Morgan fingerprint density at radius 2 is 1.71 bits per heavy atom. The van der Waals surface area contributed by atoms with Crippen molar-refractivity contribution in [3.8, 4) is 0 Å². The summed E-state index contributed by atoms with van der Waals surface area (Å²) in [5.41, 5.74) is 1.37. The van der Waals surface area contributed by atoms with Crippen LogP contribution >= 0.6 is 0 Å². The van der Waals surface area contributed by atoms with E-state index in [1.54, 1.807) is 23.1 Å². The predicted octanol–water partition coefficient (Wildman–Crippen LogP) is 1.68. The highest BCUT2D eigenvalue weighted by molar-refractivity contribution is 7.89. The first-order valence-electron chi connectivity index (χ1n) is 10.3. The van der Waals surface area contributed by atoms with Gasteiger partial charge in [-0.1, -0.05) is 32.0 Å². The lowest BCUT2D eigenvalue weighted by Gasteiger charge is -2.36. The van der Waals surface area contributed by atoms with Crippen molar-refractivity contribution < 1.29 is 18.0 Å². The average molecular weight is 445 g/mol. The van der Waals surface area contributed by atoms with Gasteiger partial charge in [-0.15, -0.1) is 0 Å². The topological polar surface area (TPSA) is 99.7 Å². The molecule has 166 valence electrons. The monoisotopic (exact) mass is 444 g/mol. The molecule has 3 rings (SSSR count). The number of sulfonamides is 1. The lowest BCUT2D eigenvalue weighted by Crippen LogP contribution is -2.57. The van der Waals surface area contributed by atoms with E-state index in [1.165, 1.54) is 22.8 Å². The van der Waals surface area contributed by atoms with Crippen molar-refractivity contribution in [3.05, 3.63) is 59.9 Å². The molecule has 2 amide bonds. The van der Waals surface area contributed by atoms with Crippen LogP contribution in [0.15, 0.2) is 53.7 Å². The maximum atomic E-state index is 13.2. The number of nitrogens with zero attached hydrogens (tertiary/aromatic N) is 3. The molecule has 0 saturated carbocycles. The number of amides is 2.